The van der Waals surface area contributed by atoms with Crippen molar-refractivity contribution in [2.45, 2.75) is 230 Å². The molecule has 5 rings (SSSR count). The molecule has 3 saturated heterocycles. The van der Waals surface area contributed by atoms with Crippen LogP contribution in [-0.4, -0.2) is 263 Å². The van der Waals surface area contributed by atoms with Crippen molar-refractivity contribution in [3.05, 3.63) is 0 Å². The largest absolute Gasteiger partial charge is 0.393 e. The van der Waals surface area contributed by atoms with E-state index in [4.69, 9.17) is 11.6 Å². The highest BCUT2D eigenvalue weighted by Crippen LogP contribution is 2.44. The average molecular weight is 1370 g/mol. The van der Waals surface area contributed by atoms with Gasteiger partial charge in [0.25, 0.3) is 0 Å². The number of hydrogen-bond donors (Lipinski definition) is 3. The molecule has 0 aromatic heterocycles. The first kappa shape index (κ1) is 79.4. The fraction of sp³-hybridized carbons (Fsp3) is 0.821. The van der Waals surface area contributed by atoms with Gasteiger partial charge in [0.2, 0.25) is 70.9 Å². The van der Waals surface area contributed by atoms with Crippen LogP contribution in [0.15, 0.2) is 0 Å². The van der Waals surface area contributed by atoms with Crippen LogP contribution in [0.5, 0.6) is 0 Å². The molecule has 3 unspecified atom stereocenters. The number of amides is 12. The molecule has 5 aliphatic rings. The van der Waals surface area contributed by atoms with Crippen molar-refractivity contribution in [2.75, 3.05) is 82.6 Å². The Bertz CT molecular complexity index is 2750. The Morgan fingerprint density at radius 2 is 1.23 bits per heavy atom. The summed E-state index contributed by atoms with van der Waals surface area (Å²) in [7, 11) is 11.3. The first-order chi connectivity index (χ1) is 44.4. The highest BCUT2D eigenvalue weighted by Gasteiger charge is 2.49. The molecule has 538 valence electrons. The Kier molecular flexibility index (Phi) is 29.1. The number of fused-ring (bicyclic) bond motifs is 2. The molecule has 3 heterocycles. The maximum atomic E-state index is 14.9. The molecule has 12 amide bonds. The third kappa shape index (κ3) is 20.0. The molecule has 3 aliphatic heterocycles. The van der Waals surface area contributed by atoms with Gasteiger partial charge in [-0.15, -0.1) is 11.6 Å². The van der Waals surface area contributed by atoms with Crippen LogP contribution in [0.1, 0.15) is 165 Å². The zero-order valence-electron chi connectivity index (χ0n) is 59.1. The molecule has 24 nitrogen and oxygen atoms in total. The van der Waals surface area contributed by atoms with E-state index in [2.05, 4.69) is 22.9 Å². The summed E-state index contributed by atoms with van der Waals surface area (Å²) < 4.78 is 41.7. The van der Waals surface area contributed by atoms with Crippen LogP contribution in [0.25, 0.3) is 0 Å². The van der Waals surface area contributed by atoms with E-state index in [9.17, 15) is 70.7 Å². The van der Waals surface area contributed by atoms with E-state index < -0.39 is 174 Å². The number of halogens is 4. The lowest BCUT2D eigenvalue weighted by molar-refractivity contribution is -0.182. The van der Waals surface area contributed by atoms with E-state index in [1.807, 2.05) is 20.8 Å². The molecular formula is C67H110ClF3N12O12. The zero-order chi connectivity index (χ0) is 71.4. The third-order valence-corrected chi connectivity index (χ3v) is 21.7. The van der Waals surface area contributed by atoms with E-state index in [-0.39, 0.29) is 88.6 Å². The van der Waals surface area contributed by atoms with Crippen LogP contribution in [0, 0.1) is 41.4 Å². The lowest BCUT2D eigenvalue weighted by Gasteiger charge is -2.45. The number of carbonyl (C=O) groups excluding carboxylic acids is 12. The van der Waals surface area contributed by atoms with Crippen LogP contribution in [0.3, 0.4) is 0 Å². The second-order valence-electron chi connectivity index (χ2n) is 28.7. The molecule has 5 fully saturated rings. The number of hydrogen-bond acceptors (Lipinski definition) is 12. The van der Waals surface area contributed by atoms with Gasteiger partial charge in [0.15, 0.2) is 0 Å². The first-order valence-corrected chi connectivity index (χ1v) is 34.8. The number of nitrogens with one attached hydrogen (secondary N) is 3. The van der Waals surface area contributed by atoms with E-state index in [1.54, 1.807) is 20.8 Å². The number of alkyl halides is 4. The van der Waals surface area contributed by atoms with E-state index in [1.165, 1.54) is 92.7 Å². The van der Waals surface area contributed by atoms with Crippen molar-refractivity contribution in [3.8, 4) is 0 Å². The van der Waals surface area contributed by atoms with Gasteiger partial charge in [0.05, 0.1) is 25.4 Å². The van der Waals surface area contributed by atoms with Crippen molar-refractivity contribution in [3.63, 3.8) is 0 Å². The smallest absolute Gasteiger partial charge is 0.347 e. The lowest BCUT2D eigenvalue weighted by Crippen LogP contribution is -2.65. The Morgan fingerprint density at radius 1 is 0.621 bits per heavy atom. The minimum absolute atomic E-state index is 0.00438. The summed E-state index contributed by atoms with van der Waals surface area (Å²) in [6.07, 6.45) is 0.110. The van der Waals surface area contributed by atoms with Gasteiger partial charge in [-0.3, -0.25) is 57.5 Å². The molecule has 0 aromatic rings. The fourth-order valence-electron chi connectivity index (χ4n) is 14.1. The van der Waals surface area contributed by atoms with Crippen LogP contribution < -0.4 is 16.0 Å². The summed E-state index contributed by atoms with van der Waals surface area (Å²) >= 11 is 6.35. The molecule has 2 aliphatic carbocycles. The number of nitrogens with zero attached hydrogens (tertiary/aromatic N) is 9. The molecule has 28 heteroatoms. The van der Waals surface area contributed by atoms with Gasteiger partial charge in [-0.05, 0) is 107 Å². The predicted molar refractivity (Wildman–Crippen MR) is 351 cm³/mol. The Balaban J connectivity index is 1.57. The normalized spacial score (nSPS) is 31.4. The topological polar surface area (TPSA) is 270 Å². The standard InChI is InChI=1S/C67H110ClF3N12O12/c1-17-40(6)56-65(94)77(12)42(8)60(89)83-31-29-49(83)64(93)79(14)51(34-44-23-21-39(5)22-24-44)63(92)76(11)37-53(84)73-47(28-26-43-25-27-45(46(68)33-43)67(69,70)71)61(90)82-30-19-20-48(82)58(87)72-36-55(86)81(16)57(41(7)18-2)66(95)80(15)52(62(91)75(9)10)35-54(85)78(13)50(32-38(3)4)59(88)74-56/h38-52,56-57H,17-37H2,1-16H3,(H,72,87)(H,73,84)(H,74,88)/t39?,40-,41-,42-,43?,44?,45?,46?,47-,48-,49-,50-,51-,52-,56-,57-/m0/s1. The minimum Gasteiger partial charge on any atom is -0.347 e. The fourth-order valence-corrected chi connectivity index (χ4v) is 14.6. The third-order valence-electron chi connectivity index (χ3n) is 21.3. The lowest BCUT2D eigenvalue weighted by atomic mass is 9.78. The van der Waals surface area contributed by atoms with E-state index in [0.717, 1.165) is 40.4 Å². The van der Waals surface area contributed by atoms with Crippen LogP contribution in [-0.2, 0) is 57.5 Å². The maximum absolute atomic E-state index is 14.9. The molecule has 95 heavy (non-hydrogen) atoms. The molecular weight excluding hydrogens is 1260 g/mol. The molecule has 3 N–H and O–H groups in total. The Morgan fingerprint density at radius 3 is 1.79 bits per heavy atom. The summed E-state index contributed by atoms with van der Waals surface area (Å²) in [4.78, 5) is 187. The first-order valence-electron chi connectivity index (χ1n) is 34.3. The summed E-state index contributed by atoms with van der Waals surface area (Å²) in [5.74, 6) is -10.7. The number of likely N-dealkylation sites (N-methyl/N-ethyl adjacent to an activating group) is 7. The molecule has 14 atom stereocenters. The summed E-state index contributed by atoms with van der Waals surface area (Å²) in [5.41, 5.74) is 0. The van der Waals surface area contributed by atoms with Gasteiger partial charge in [0, 0.05) is 74.8 Å². The molecule has 0 aromatic carbocycles. The second-order valence-corrected chi connectivity index (χ2v) is 29.2. The summed E-state index contributed by atoms with van der Waals surface area (Å²) in [5, 5.41) is 7.10. The predicted octanol–water partition coefficient (Wildman–Crippen LogP) is 4.49. The highest BCUT2D eigenvalue weighted by atomic mass is 35.5. The van der Waals surface area contributed by atoms with Crippen molar-refractivity contribution >= 4 is 82.5 Å². The van der Waals surface area contributed by atoms with E-state index in [0.29, 0.717) is 25.2 Å². The van der Waals surface area contributed by atoms with Crippen LogP contribution >= 0.6 is 11.6 Å². The van der Waals surface area contributed by atoms with Crippen molar-refractivity contribution < 1.29 is 70.7 Å². The Labute approximate surface area is 565 Å². The second kappa shape index (κ2) is 34.8. The van der Waals surface area contributed by atoms with Gasteiger partial charge in [-0.25, -0.2) is 0 Å². The number of rotatable bonds is 12. The number of carbonyl (C=O) groups is 12. The summed E-state index contributed by atoms with van der Waals surface area (Å²) in [6.45, 7) is 13.5. The molecule has 2 saturated carbocycles. The van der Waals surface area contributed by atoms with Gasteiger partial charge in [0.1, 0.15) is 54.4 Å². The van der Waals surface area contributed by atoms with Gasteiger partial charge >= 0.3 is 6.18 Å². The van der Waals surface area contributed by atoms with Crippen LogP contribution in [0.4, 0.5) is 13.2 Å². The average Bonchev–Trinajstić information content (AvgIpc) is 1.22. The minimum atomic E-state index is -4.51. The SMILES string of the molecule is CC[C@H](C)[C@@H]1NC(=O)[C@H](CC(C)C)N(C)C(=O)C[C@@H](C(=O)N(C)C)N(C)C(=O)[C@H]([C@@H](C)CC)N(C)C(=O)CNC(=O)[C@@H]2CCCN2C(=O)[C@H](CCC2CCC(C(F)(F)F)C(Cl)C2)NC(=O)CN(C)C(=O)[C@H](CC2CCC(C)CC2)N(C)C(=O)[C@@H]2CCN2C(=O)[C@H](C)N(C)C1=O. The monoisotopic (exact) mass is 1370 g/mol. The highest BCUT2D eigenvalue weighted by molar-refractivity contribution is 6.20. The molecule has 0 bridgehead atoms. The zero-order valence-corrected chi connectivity index (χ0v) is 59.9. The van der Waals surface area contributed by atoms with Gasteiger partial charge in [-0.1, -0.05) is 87.0 Å². The van der Waals surface area contributed by atoms with E-state index >= 15 is 0 Å². The quantitative estimate of drug-likeness (QED) is 0.228. The Hall–Kier alpha value is -6.28. The summed E-state index contributed by atoms with van der Waals surface area (Å²) in [6, 6.07) is -10.9. The molecule has 0 radical (unpaired) electrons. The van der Waals surface area contributed by atoms with Crippen molar-refractivity contribution in [1.29, 1.82) is 0 Å². The van der Waals surface area contributed by atoms with Crippen molar-refractivity contribution in [1.82, 2.24) is 60.0 Å². The van der Waals surface area contributed by atoms with Crippen LogP contribution in [0.2, 0.25) is 0 Å². The maximum Gasteiger partial charge on any atom is 0.393 e. The molecule has 0 spiro atoms. The van der Waals surface area contributed by atoms with Crippen molar-refractivity contribution in [2.24, 2.45) is 41.4 Å². The van der Waals surface area contributed by atoms with Gasteiger partial charge in [-0.2, -0.15) is 13.2 Å². The van der Waals surface area contributed by atoms with Gasteiger partial charge < -0.3 is 60.0 Å².